The van der Waals surface area contributed by atoms with Gasteiger partial charge in [0.25, 0.3) is 0 Å². The lowest BCUT2D eigenvalue weighted by molar-refractivity contribution is -0.125. The number of nitrogens with one attached hydrogen (secondary N) is 1. The van der Waals surface area contributed by atoms with Crippen LogP contribution in [0.25, 0.3) is 0 Å². The molecule has 0 aromatic rings. The van der Waals surface area contributed by atoms with Crippen molar-refractivity contribution in [3.8, 4) is 0 Å². The molecule has 0 aromatic heterocycles. The zero-order chi connectivity index (χ0) is 15.3. The first-order valence-corrected chi connectivity index (χ1v) is 7.57. The number of carbonyl (C=O) groups excluding carboxylic acids is 1. The third kappa shape index (κ3) is 9.76. The van der Waals surface area contributed by atoms with Gasteiger partial charge in [-0.1, -0.05) is 0 Å². The molecule has 0 saturated carbocycles. The topological polar surface area (TPSA) is 63.3 Å². The van der Waals surface area contributed by atoms with Crippen LogP contribution in [0.5, 0.6) is 0 Å². The second-order valence-corrected chi connectivity index (χ2v) is 5.10. The van der Waals surface area contributed by atoms with Crippen LogP contribution in [0.3, 0.4) is 0 Å². The Hall–Kier alpha value is -0.730. The summed E-state index contributed by atoms with van der Waals surface area (Å²) in [5.41, 5.74) is 0. The Balaban J connectivity index is 1.77. The van der Waals surface area contributed by atoms with Gasteiger partial charge in [-0.15, -0.1) is 0 Å². The number of rotatable bonds is 11. The van der Waals surface area contributed by atoms with Crippen molar-refractivity contribution in [1.29, 1.82) is 0 Å². The van der Waals surface area contributed by atoms with Gasteiger partial charge in [0.2, 0.25) is 5.91 Å². The summed E-state index contributed by atoms with van der Waals surface area (Å²) >= 11 is 0. The Morgan fingerprint density at radius 3 is 2.14 bits per heavy atom. The fraction of sp³-hybridized carbons (Fsp3) is 0.929. The first kappa shape index (κ1) is 18.3. The van der Waals surface area contributed by atoms with Crippen molar-refractivity contribution < 1.29 is 19.0 Å². The number of nitrogens with zero attached hydrogens (tertiary/aromatic N) is 2. The second-order valence-electron chi connectivity index (χ2n) is 5.10. The van der Waals surface area contributed by atoms with Crippen molar-refractivity contribution in [3.05, 3.63) is 0 Å². The highest BCUT2D eigenvalue weighted by Gasteiger charge is 2.12. The third-order valence-electron chi connectivity index (χ3n) is 3.40. The SMILES string of the molecule is CNC(=O)COCCOCCOCCN1CCN(C)CC1. The maximum Gasteiger partial charge on any atom is 0.245 e. The van der Waals surface area contributed by atoms with Crippen molar-refractivity contribution >= 4 is 5.91 Å². The Kier molecular flexibility index (Phi) is 10.4. The Morgan fingerprint density at radius 1 is 0.952 bits per heavy atom. The number of amides is 1. The molecule has 0 bridgehead atoms. The lowest BCUT2D eigenvalue weighted by Crippen LogP contribution is -2.45. The molecular formula is C14H29N3O4. The average molecular weight is 303 g/mol. The van der Waals surface area contributed by atoms with Gasteiger partial charge in [-0.2, -0.15) is 0 Å². The van der Waals surface area contributed by atoms with Gasteiger partial charge < -0.3 is 24.4 Å². The van der Waals surface area contributed by atoms with Crippen LogP contribution >= 0.6 is 0 Å². The summed E-state index contributed by atoms with van der Waals surface area (Å²) in [6.45, 7) is 8.42. The minimum absolute atomic E-state index is 0.0847. The van der Waals surface area contributed by atoms with Crippen LogP contribution in [0, 0.1) is 0 Å². The Labute approximate surface area is 127 Å². The maximum atomic E-state index is 10.9. The molecule has 0 spiro atoms. The normalized spacial score (nSPS) is 17.0. The molecule has 1 N–H and O–H groups in total. The molecule has 0 atom stereocenters. The average Bonchev–Trinajstić information content (AvgIpc) is 2.50. The van der Waals surface area contributed by atoms with Crippen LogP contribution in [0.15, 0.2) is 0 Å². The van der Waals surface area contributed by atoms with Crippen LogP contribution in [-0.2, 0) is 19.0 Å². The number of carbonyl (C=O) groups is 1. The van der Waals surface area contributed by atoms with E-state index in [1.807, 2.05) is 0 Å². The molecule has 1 heterocycles. The van der Waals surface area contributed by atoms with E-state index in [0.29, 0.717) is 26.4 Å². The van der Waals surface area contributed by atoms with Gasteiger partial charge in [0, 0.05) is 39.8 Å². The fourth-order valence-corrected chi connectivity index (χ4v) is 1.94. The highest BCUT2D eigenvalue weighted by Crippen LogP contribution is 1.98. The summed E-state index contributed by atoms with van der Waals surface area (Å²) in [7, 11) is 3.74. The maximum absolute atomic E-state index is 10.9. The van der Waals surface area contributed by atoms with Crippen molar-refractivity contribution in [1.82, 2.24) is 15.1 Å². The van der Waals surface area contributed by atoms with E-state index in [1.54, 1.807) is 7.05 Å². The molecule has 1 saturated heterocycles. The molecule has 1 fully saturated rings. The van der Waals surface area contributed by atoms with Crippen LogP contribution in [-0.4, -0.2) is 102 Å². The van der Waals surface area contributed by atoms with Crippen LogP contribution in [0.1, 0.15) is 0 Å². The fourth-order valence-electron chi connectivity index (χ4n) is 1.94. The van der Waals surface area contributed by atoms with E-state index in [1.165, 1.54) is 0 Å². The van der Waals surface area contributed by atoms with E-state index >= 15 is 0 Å². The van der Waals surface area contributed by atoms with Gasteiger partial charge in [-0.3, -0.25) is 9.69 Å². The summed E-state index contributed by atoms with van der Waals surface area (Å²) in [4.78, 5) is 15.6. The second kappa shape index (κ2) is 11.9. The zero-order valence-corrected chi connectivity index (χ0v) is 13.3. The highest BCUT2D eigenvalue weighted by molar-refractivity contribution is 5.76. The van der Waals surface area contributed by atoms with Crippen LogP contribution in [0.2, 0.25) is 0 Å². The Bertz CT molecular complexity index is 271. The first-order valence-electron chi connectivity index (χ1n) is 7.57. The van der Waals surface area contributed by atoms with E-state index in [0.717, 1.165) is 39.3 Å². The van der Waals surface area contributed by atoms with E-state index in [9.17, 15) is 4.79 Å². The highest BCUT2D eigenvalue weighted by atomic mass is 16.5. The number of hydrogen-bond donors (Lipinski definition) is 1. The summed E-state index contributed by atoms with van der Waals surface area (Å²) in [5.74, 6) is -0.123. The molecule has 0 aliphatic carbocycles. The lowest BCUT2D eigenvalue weighted by atomic mass is 10.3. The molecule has 1 aliphatic rings. The molecule has 124 valence electrons. The van der Waals surface area contributed by atoms with E-state index in [2.05, 4.69) is 22.2 Å². The summed E-state index contributed by atoms with van der Waals surface area (Å²) in [6, 6.07) is 0. The van der Waals surface area contributed by atoms with Crippen LogP contribution < -0.4 is 5.32 Å². The number of ether oxygens (including phenoxy) is 3. The molecule has 1 amide bonds. The van der Waals surface area contributed by atoms with Crippen molar-refractivity contribution in [2.75, 3.05) is 86.5 Å². The summed E-state index contributed by atoms with van der Waals surface area (Å²) in [5, 5.41) is 2.49. The predicted octanol–water partition coefficient (Wildman–Crippen LogP) is -0.970. The van der Waals surface area contributed by atoms with Gasteiger partial charge in [0.15, 0.2) is 0 Å². The molecule has 21 heavy (non-hydrogen) atoms. The lowest BCUT2D eigenvalue weighted by Gasteiger charge is -2.32. The number of piperazine rings is 1. The van der Waals surface area contributed by atoms with Gasteiger partial charge in [-0.25, -0.2) is 0 Å². The van der Waals surface area contributed by atoms with E-state index < -0.39 is 0 Å². The molecule has 0 aromatic carbocycles. The van der Waals surface area contributed by atoms with Crippen molar-refractivity contribution in [2.45, 2.75) is 0 Å². The summed E-state index contributed by atoms with van der Waals surface area (Å²) in [6.07, 6.45) is 0. The first-order chi connectivity index (χ1) is 10.2. The van der Waals surface area contributed by atoms with Crippen molar-refractivity contribution in [2.24, 2.45) is 0 Å². The molecule has 0 radical (unpaired) electrons. The predicted molar refractivity (Wildman–Crippen MR) is 80.5 cm³/mol. The minimum atomic E-state index is -0.123. The molecule has 7 heteroatoms. The largest absolute Gasteiger partial charge is 0.378 e. The molecule has 1 rings (SSSR count). The number of hydrogen-bond acceptors (Lipinski definition) is 6. The van der Waals surface area contributed by atoms with Crippen LogP contribution in [0.4, 0.5) is 0 Å². The van der Waals surface area contributed by atoms with Gasteiger partial charge >= 0.3 is 0 Å². The smallest absolute Gasteiger partial charge is 0.245 e. The van der Waals surface area contributed by atoms with Crippen molar-refractivity contribution in [3.63, 3.8) is 0 Å². The quantitative estimate of drug-likeness (QED) is 0.496. The third-order valence-corrected chi connectivity index (χ3v) is 3.40. The van der Waals surface area contributed by atoms with Gasteiger partial charge in [0.05, 0.1) is 33.0 Å². The van der Waals surface area contributed by atoms with Gasteiger partial charge in [0.1, 0.15) is 6.61 Å². The van der Waals surface area contributed by atoms with Gasteiger partial charge in [-0.05, 0) is 7.05 Å². The molecule has 0 unspecified atom stereocenters. The Morgan fingerprint density at radius 2 is 1.52 bits per heavy atom. The van der Waals surface area contributed by atoms with E-state index in [-0.39, 0.29) is 12.5 Å². The van der Waals surface area contributed by atoms with E-state index in [4.69, 9.17) is 14.2 Å². The zero-order valence-electron chi connectivity index (χ0n) is 13.3. The summed E-state index contributed by atoms with van der Waals surface area (Å²) < 4.78 is 16.0. The number of likely N-dealkylation sites (N-methyl/N-ethyl adjacent to an activating group) is 2. The standard InChI is InChI=1S/C14H29N3O4/c1-15-14(18)13-21-12-11-20-10-9-19-8-7-17-5-3-16(2)4-6-17/h3-13H2,1-2H3,(H,15,18). The molecule has 1 aliphatic heterocycles. The molecule has 7 nitrogen and oxygen atoms in total. The monoisotopic (exact) mass is 303 g/mol. The molecular weight excluding hydrogens is 274 g/mol. The minimum Gasteiger partial charge on any atom is -0.378 e.